The maximum atomic E-state index is 12.9. The molecule has 2 aliphatic rings. The van der Waals surface area contributed by atoms with E-state index in [1.54, 1.807) is 47.7 Å². The number of hydrogen-bond acceptors (Lipinski definition) is 11. The summed E-state index contributed by atoms with van der Waals surface area (Å²) in [4.78, 5) is 48.0. The third kappa shape index (κ3) is 17.4. The van der Waals surface area contributed by atoms with E-state index in [9.17, 15) is 18.6 Å². The van der Waals surface area contributed by atoms with Gasteiger partial charge >= 0.3 is 0 Å². The summed E-state index contributed by atoms with van der Waals surface area (Å²) >= 11 is 12.3. The molecule has 3 amide bonds. The average molecular weight is 873 g/mol. The molecule has 57 heavy (non-hydrogen) atoms. The highest BCUT2D eigenvalue weighted by molar-refractivity contribution is 7.98. The van der Waals surface area contributed by atoms with E-state index in [1.165, 1.54) is 11.9 Å². The van der Waals surface area contributed by atoms with Crippen molar-refractivity contribution in [3.63, 3.8) is 0 Å². The number of halogens is 2. The van der Waals surface area contributed by atoms with Crippen LogP contribution in [0.15, 0.2) is 48.8 Å². The lowest BCUT2D eigenvalue weighted by Crippen LogP contribution is -2.59. The monoisotopic (exact) mass is 871 g/mol. The Bertz CT molecular complexity index is 1650. The standard InChI is InChI=1S/C27H38ClN7O4S.C11H19NO2S.CH3Cl/c1-2-35(14-4-6-20(17-35)31-27(37)23-25(29)33-26(30)24(28)32-23)13-3-5-19-7-9-21(10-8-19)39-18-22(36)34-11-15-40(38)16-12-34;1-5-6-10(2)14-9-11(13)12(3)7-8-15-4;1-2/h7-10,20H,2-6,11-18H2,1H3,(H4-,29,30,31,33,37);5-6H,1,7-9H2,2-4H3;1H3/p+1/b;10-6+;. The quantitative estimate of drug-likeness (QED) is 0.0888. The lowest BCUT2D eigenvalue weighted by Gasteiger charge is -2.44. The number of piperidine rings is 1. The minimum Gasteiger partial charge on any atom is -0.488 e. The number of amides is 3. The van der Waals surface area contributed by atoms with Crippen molar-refractivity contribution in [1.29, 1.82) is 0 Å². The van der Waals surface area contributed by atoms with E-state index in [2.05, 4.69) is 40.4 Å². The number of nitrogens with two attached hydrogens (primary N) is 2. The van der Waals surface area contributed by atoms with Crippen molar-refractivity contribution < 1.29 is 32.5 Å². The van der Waals surface area contributed by atoms with Crippen molar-refractivity contribution >= 4 is 75.1 Å². The molecule has 2 saturated heterocycles. The van der Waals surface area contributed by atoms with Crippen molar-refractivity contribution in [3.05, 3.63) is 65.2 Å². The van der Waals surface area contributed by atoms with Gasteiger partial charge in [-0.15, -0.1) is 11.6 Å². The fourth-order valence-electron chi connectivity index (χ4n) is 6.30. The van der Waals surface area contributed by atoms with Gasteiger partial charge in [0.25, 0.3) is 17.7 Å². The summed E-state index contributed by atoms with van der Waals surface area (Å²) in [7, 11) is 0.975. The molecule has 1 aromatic heterocycles. The summed E-state index contributed by atoms with van der Waals surface area (Å²) in [6, 6.07) is 7.90. The van der Waals surface area contributed by atoms with Crippen LogP contribution in [-0.4, -0.2) is 148 Å². The number of carbonyl (C=O) groups is 3. The number of hydrogen-bond donors (Lipinski definition) is 3. The van der Waals surface area contributed by atoms with Gasteiger partial charge in [-0.2, -0.15) is 11.8 Å². The number of benzene rings is 1. The molecule has 318 valence electrons. The lowest BCUT2D eigenvalue weighted by molar-refractivity contribution is -0.932. The number of likely N-dealkylation sites (N-methyl/N-ethyl adjacent to an activating group) is 2. The van der Waals surface area contributed by atoms with Gasteiger partial charge in [0.1, 0.15) is 5.75 Å². The number of quaternary nitrogens is 1. The molecule has 14 nitrogen and oxygen atoms in total. The Hall–Kier alpha value is -3.57. The second-order valence-corrected chi connectivity index (χ2v) is 16.6. The summed E-state index contributed by atoms with van der Waals surface area (Å²) in [5.41, 5.74) is 12.7. The molecule has 0 saturated carbocycles. The molecule has 2 unspecified atom stereocenters. The largest absolute Gasteiger partial charge is 0.488 e. The third-order valence-corrected chi connectivity index (χ3v) is 11.8. The summed E-state index contributed by atoms with van der Waals surface area (Å²) in [5.74, 6) is 2.91. The number of aryl methyl sites for hydroxylation is 1. The number of carbonyl (C=O) groups excluding carboxylic acids is 3. The summed E-state index contributed by atoms with van der Waals surface area (Å²) in [6.07, 6.45) is 10.7. The molecule has 4 rings (SSSR count). The summed E-state index contributed by atoms with van der Waals surface area (Å²) < 4.78 is 23.3. The first kappa shape index (κ1) is 49.6. The predicted molar refractivity (Wildman–Crippen MR) is 234 cm³/mol. The fourth-order valence-corrected chi connectivity index (χ4v) is 7.93. The molecule has 2 atom stereocenters. The Labute approximate surface area is 355 Å². The molecule has 2 aliphatic heterocycles. The van der Waals surface area contributed by atoms with Crippen LogP contribution in [0.5, 0.6) is 5.75 Å². The van der Waals surface area contributed by atoms with Crippen molar-refractivity contribution in [2.75, 3.05) is 107 Å². The van der Waals surface area contributed by atoms with Crippen molar-refractivity contribution in [3.8, 4) is 5.75 Å². The zero-order valence-corrected chi connectivity index (χ0v) is 37.1. The molecule has 0 radical (unpaired) electrons. The Morgan fingerprint density at radius 1 is 1.14 bits per heavy atom. The van der Waals surface area contributed by atoms with Gasteiger partial charge in [-0.1, -0.05) is 36.4 Å². The van der Waals surface area contributed by atoms with Gasteiger partial charge in [0.2, 0.25) is 0 Å². The van der Waals surface area contributed by atoms with Gasteiger partial charge < -0.3 is 40.5 Å². The van der Waals surface area contributed by atoms with E-state index in [4.69, 9.17) is 32.5 Å². The minimum absolute atomic E-state index is 0.000323. The number of alkyl halides is 1. The number of ether oxygens (including phenoxy) is 2. The Morgan fingerprint density at radius 2 is 1.82 bits per heavy atom. The smallest absolute Gasteiger partial charge is 0.274 e. The number of nitrogen functional groups attached to an aromatic ring is 2. The zero-order valence-electron chi connectivity index (χ0n) is 34.0. The number of rotatable bonds is 17. The molecule has 3 heterocycles. The van der Waals surface area contributed by atoms with Gasteiger partial charge in [0, 0.05) is 67.5 Å². The topological polar surface area (TPSA) is 183 Å². The predicted octanol–water partition coefficient (Wildman–Crippen LogP) is 4.40. The first-order valence-corrected chi connectivity index (χ1v) is 22.9. The summed E-state index contributed by atoms with van der Waals surface area (Å²) in [6.45, 7) is 13.4. The van der Waals surface area contributed by atoms with Crippen LogP contribution >= 0.6 is 35.0 Å². The highest BCUT2D eigenvalue weighted by Gasteiger charge is 2.34. The molecule has 0 aliphatic carbocycles. The maximum Gasteiger partial charge on any atom is 0.274 e. The Kier molecular flexibility index (Phi) is 23.0. The van der Waals surface area contributed by atoms with Gasteiger partial charge in [0.15, 0.2) is 35.7 Å². The van der Waals surface area contributed by atoms with Gasteiger partial charge in [0.05, 0.1) is 38.0 Å². The van der Waals surface area contributed by atoms with Gasteiger partial charge in [-0.25, -0.2) is 9.97 Å². The van der Waals surface area contributed by atoms with Crippen LogP contribution in [0.25, 0.3) is 0 Å². The van der Waals surface area contributed by atoms with Crippen LogP contribution in [0.2, 0.25) is 5.15 Å². The van der Waals surface area contributed by atoms with E-state index >= 15 is 0 Å². The van der Waals surface area contributed by atoms with E-state index < -0.39 is 10.8 Å². The summed E-state index contributed by atoms with van der Waals surface area (Å²) in [5, 5.41) is 3.04. The van der Waals surface area contributed by atoms with Crippen LogP contribution in [0, 0.1) is 0 Å². The molecule has 0 bridgehead atoms. The van der Waals surface area contributed by atoms with Crippen LogP contribution in [0.4, 0.5) is 11.6 Å². The van der Waals surface area contributed by atoms with Crippen molar-refractivity contribution in [1.82, 2.24) is 25.1 Å². The van der Waals surface area contributed by atoms with E-state index in [0.717, 1.165) is 68.6 Å². The maximum absolute atomic E-state index is 12.9. The van der Waals surface area contributed by atoms with Gasteiger partial charge in [-0.3, -0.25) is 18.6 Å². The number of likely N-dealkylation sites (tertiary alicyclic amines) is 1. The van der Waals surface area contributed by atoms with Crippen LogP contribution < -0.4 is 21.5 Å². The molecule has 0 spiro atoms. The highest BCUT2D eigenvalue weighted by Crippen LogP contribution is 2.23. The van der Waals surface area contributed by atoms with Crippen molar-refractivity contribution in [2.24, 2.45) is 0 Å². The second-order valence-electron chi connectivity index (χ2n) is 13.6. The van der Waals surface area contributed by atoms with E-state index in [-0.39, 0.29) is 59.5 Å². The highest BCUT2D eigenvalue weighted by atomic mass is 35.5. The molecular formula is C39H61Cl2N8O6S2+. The molecule has 2 aromatic rings. The number of aromatic nitrogens is 2. The van der Waals surface area contributed by atoms with Crippen LogP contribution in [0.1, 0.15) is 49.2 Å². The molecule has 18 heteroatoms. The van der Waals surface area contributed by atoms with Crippen LogP contribution in [0.3, 0.4) is 0 Å². The normalized spacial score (nSPS) is 18.2. The number of allylic oxidation sites excluding steroid dienone is 3. The molecule has 5 N–H and O–H groups in total. The SMILES string of the molecule is C=C/C=C(\C)OCC(=O)N(C)CCSC.CC[N+]1(CCCc2ccc(OCC(=O)N3CCS(=O)CC3)cc2)CCCC(NC(=O)c2nc(Cl)c(N)nc2N)C1.CCl. The number of nitrogens with zero attached hydrogens (tertiary/aromatic N) is 5. The number of nitrogens with one attached hydrogen (secondary N) is 1. The first-order chi connectivity index (χ1) is 27.3. The van der Waals surface area contributed by atoms with Crippen LogP contribution in [-0.2, 0) is 31.5 Å². The Morgan fingerprint density at radius 3 is 2.46 bits per heavy atom. The molecule has 2 fully saturated rings. The lowest BCUT2D eigenvalue weighted by atomic mass is 10.0. The third-order valence-electron chi connectivity index (χ3n) is 9.67. The van der Waals surface area contributed by atoms with E-state index in [1.807, 2.05) is 30.5 Å². The fraction of sp³-hybridized carbons (Fsp3) is 0.564. The number of anilines is 2. The molecular weight excluding hydrogens is 812 g/mol. The van der Waals surface area contributed by atoms with Crippen molar-refractivity contribution in [2.45, 2.75) is 45.6 Å². The second kappa shape index (κ2) is 26.4. The Balaban J connectivity index is 0.000000557. The zero-order chi connectivity index (χ0) is 42.4. The first-order valence-electron chi connectivity index (χ1n) is 18.9. The molecule has 1 aromatic carbocycles. The minimum atomic E-state index is -0.811. The number of thioether (sulfide) groups is 1. The van der Waals surface area contributed by atoms with Gasteiger partial charge in [-0.05, 0) is 63.1 Å². The van der Waals surface area contributed by atoms with E-state index in [0.29, 0.717) is 36.1 Å². The average Bonchev–Trinajstić information content (AvgIpc) is 3.21.